The van der Waals surface area contributed by atoms with Crippen molar-refractivity contribution in [1.29, 1.82) is 0 Å². The van der Waals surface area contributed by atoms with E-state index < -0.39 is 30.4 Å². The highest BCUT2D eigenvalue weighted by molar-refractivity contribution is 9.10. The fraction of sp³-hybridized carbons (Fsp3) is 0.381. The Labute approximate surface area is 190 Å². The summed E-state index contributed by atoms with van der Waals surface area (Å²) in [6.45, 7) is 3.57. The summed E-state index contributed by atoms with van der Waals surface area (Å²) in [4.78, 5) is 31.5. The molecule has 2 aliphatic heterocycles. The molecule has 5 rings (SSSR count). The smallest absolute Gasteiger partial charge is 0.212 e. The maximum Gasteiger partial charge on any atom is 0.212 e. The highest BCUT2D eigenvalue weighted by Gasteiger charge is 2.57. The van der Waals surface area contributed by atoms with E-state index in [0.29, 0.717) is 21.1 Å². The summed E-state index contributed by atoms with van der Waals surface area (Å²) in [5.74, 6) is -1.24. The first-order valence-corrected chi connectivity index (χ1v) is 11.2. The summed E-state index contributed by atoms with van der Waals surface area (Å²) in [5.41, 5.74) is 0.872. The molecule has 1 aromatic carbocycles. The zero-order valence-electron chi connectivity index (χ0n) is 16.9. The van der Waals surface area contributed by atoms with Crippen LogP contribution in [0.2, 0.25) is 0 Å². The van der Waals surface area contributed by atoms with Crippen molar-refractivity contribution in [3.63, 3.8) is 0 Å². The number of Topliss-reactive ketones (excluding diaryl/α,β-unsaturated/α-hetero) is 1. The van der Waals surface area contributed by atoms with Gasteiger partial charge in [-0.15, -0.1) is 0 Å². The highest BCUT2D eigenvalue weighted by atomic mass is 79.9. The Morgan fingerprint density at radius 3 is 2.68 bits per heavy atom. The first-order chi connectivity index (χ1) is 14.8. The van der Waals surface area contributed by atoms with E-state index in [1.165, 1.54) is 24.6 Å². The van der Waals surface area contributed by atoms with E-state index in [0.717, 1.165) is 4.47 Å². The molecule has 4 heterocycles. The fourth-order valence-corrected chi connectivity index (χ4v) is 5.10. The van der Waals surface area contributed by atoms with Gasteiger partial charge in [0.2, 0.25) is 11.6 Å². The van der Waals surface area contributed by atoms with Crippen LogP contribution in [0.1, 0.15) is 39.6 Å². The number of benzene rings is 1. The second-order valence-corrected chi connectivity index (χ2v) is 9.74. The van der Waals surface area contributed by atoms with Crippen LogP contribution >= 0.6 is 27.3 Å². The van der Waals surface area contributed by atoms with Crippen molar-refractivity contribution in [1.82, 2.24) is 9.38 Å². The van der Waals surface area contributed by atoms with Gasteiger partial charge in [-0.05, 0) is 38.1 Å². The van der Waals surface area contributed by atoms with Gasteiger partial charge < -0.3 is 18.9 Å². The van der Waals surface area contributed by atoms with Gasteiger partial charge in [0, 0.05) is 23.3 Å². The van der Waals surface area contributed by atoms with Crippen molar-refractivity contribution in [2.75, 3.05) is 7.11 Å². The summed E-state index contributed by atoms with van der Waals surface area (Å²) in [6.07, 6.45) is 0.411. The lowest BCUT2D eigenvalue weighted by Gasteiger charge is -2.24. The molecule has 0 aliphatic carbocycles. The number of methoxy groups -OCH3 is 1. The molecule has 0 saturated carbocycles. The maximum absolute atomic E-state index is 13.3. The Morgan fingerprint density at radius 1 is 1.23 bits per heavy atom. The van der Waals surface area contributed by atoms with Crippen LogP contribution in [0.5, 0.6) is 0 Å². The molecule has 0 unspecified atom stereocenters. The average molecular weight is 507 g/mol. The van der Waals surface area contributed by atoms with Crippen LogP contribution in [0.15, 0.2) is 41.1 Å². The van der Waals surface area contributed by atoms with Gasteiger partial charge in [0.05, 0.1) is 11.1 Å². The minimum Gasteiger partial charge on any atom is -0.375 e. The number of hydrogen-bond acceptors (Lipinski definition) is 8. The van der Waals surface area contributed by atoms with Crippen molar-refractivity contribution in [3.8, 4) is 0 Å². The molecule has 2 fully saturated rings. The second kappa shape index (κ2) is 7.58. The molecule has 2 aromatic heterocycles. The number of ether oxygens (including phenoxy) is 4. The van der Waals surface area contributed by atoms with Crippen LogP contribution in [-0.2, 0) is 18.9 Å². The molecule has 8 nitrogen and oxygen atoms in total. The number of nitrogens with zero attached hydrogens (tertiary/aromatic N) is 2. The monoisotopic (exact) mass is 506 g/mol. The predicted octanol–water partition coefficient (Wildman–Crippen LogP) is 3.46. The number of aromatic nitrogens is 2. The number of halogens is 1. The third kappa shape index (κ3) is 3.57. The third-order valence-corrected chi connectivity index (χ3v) is 6.84. The largest absolute Gasteiger partial charge is 0.375 e. The lowest BCUT2D eigenvalue weighted by molar-refractivity contribution is -0.210. The number of carbonyl (C=O) groups is 2. The average Bonchev–Trinajstić information content (AvgIpc) is 3.45. The van der Waals surface area contributed by atoms with Gasteiger partial charge in [-0.3, -0.25) is 14.0 Å². The summed E-state index contributed by atoms with van der Waals surface area (Å²) in [7, 11) is 1.51. The van der Waals surface area contributed by atoms with Crippen LogP contribution in [0.25, 0.3) is 4.96 Å². The maximum atomic E-state index is 13.3. The predicted molar refractivity (Wildman–Crippen MR) is 114 cm³/mol. The second-order valence-electron chi connectivity index (χ2n) is 7.82. The number of thiazole rings is 1. The Kier molecular flexibility index (Phi) is 5.11. The van der Waals surface area contributed by atoms with Crippen LogP contribution in [0.3, 0.4) is 0 Å². The van der Waals surface area contributed by atoms with E-state index in [-0.39, 0.29) is 11.6 Å². The Hall–Kier alpha value is -1.95. The molecule has 31 heavy (non-hydrogen) atoms. The summed E-state index contributed by atoms with van der Waals surface area (Å²) in [5, 5.41) is 0. The first-order valence-electron chi connectivity index (χ1n) is 9.63. The number of ketones is 2. The quantitative estimate of drug-likeness (QED) is 0.489. The molecule has 0 bridgehead atoms. The molecule has 3 aromatic rings. The topological polar surface area (TPSA) is 88.4 Å². The van der Waals surface area contributed by atoms with Gasteiger partial charge in [0.25, 0.3) is 0 Å². The van der Waals surface area contributed by atoms with Crippen LogP contribution < -0.4 is 0 Å². The Balaban J connectivity index is 1.42. The van der Waals surface area contributed by atoms with Gasteiger partial charge in [-0.2, -0.15) is 0 Å². The summed E-state index contributed by atoms with van der Waals surface area (Å²) in [6, 6.07) is 7.12. The first kappa shape index (κ1) is 20.9. The molecule has 0 radical (unpaired) electrons. The van der Waals surface area contributed by atoms with Crippen molar-refractivity contribution < 1.29 is 28.5 Å². The minimum atomic E-state index is -0.901. The van der Waals surface area contributed by atoms with Gasteiger partial charge in [-0.1, -0.05) is 27.3 Å². The molecule has 0 N–H and O–H groups in total. The molecular weight excluding hydrogens is 488 g/mol. The zero-order valence-corrected chi connectivity index (χ0v) is 19.3. The number of rotatable bonds is 5. The fourth-order valence-electron chi connectivity index (χ4n) is 3.91. The minimum absolute atomic E-state index is 0.133. The van der Waals surface area contributed by atoms with Gasteiger partial charge in [0.1, 0.15) is 17.9 Å². The van der Waals surface area contributed by atoms with E-state index >= 15 is 0 Å². The number of carbonyl (C=O) groups excluding carboxylic acids is 2. The van der Waals surface area contributed by atoms with Gasteiger partial charge in [-0.25, -0.2) is 4.98 Å². The zero-order chi connectivity index (χ0) is 21.9. The molecule has 2 saturated heterocycles. The Bertz CT molecular complexity index is 1170. The van der Waals surface area contributed by atoms with Crippen molar-refractivity contribution in [2.45, 2.75) is 44.2 Å². The van der Waals surface area contributed by atoms with Crippen LogP contribution in [0, 0.1) is 0 Å². The number of fused-ring (bicyclic) bond motifs is 2. The van der Waals surface area contributed by atoms with Crippen LogP contribution in [0.4, 0.5) is 0 Å². The lowest BCUT2D eigenvalue weighted by Crippen LogP contribution is -2.40. The van der Waals surface area contributed by atoms with E-state index in [2.05, 4.69) is 20.9 Å². The molecule has 10 heteroatoms. The third-order valence-electron chi connectivity index (χ3n) is 5.31. The molecule has 0 spiro atoms. The standard InChI is InChI=1S/C21H19BrN2O6S/c1-21(2)29-18-17(27-3)16(28-19(18)30-21)15(26)12-8-23-20-24(12)9-13(31-20)14(25)10-4-6-11(22)7-5-10/h4-9,16-19H,1-3H3/t16-,17+,18-,19-/m1/s1. The van der Waals surface area contributed by atoms with E-state index in [1.807, 2.05) is 12.1 Å². The molecule has 0 amide bonds. The number of imidazole rings is 1. The van der Waals surface area contributed by atoms with Crippen molar-refractivity contribution in [3.05, 3.63) is 57.3 Å². The number of hydrogen-bond donors (Lipinski definition) is 0. The summed E-state index contributed by atoms with van der Waals surface area (Å²) >= 11 is 4.59. The van der Waals surface area contributed by atoms with Crippen LogP contribution in [-0.4, -0.2) is 58.4 Å². The van der Waals surface area contributed by atoms with Gasteiger partial charge in [0.15, 0.2) is 23.1 Å². The van der Waals surface area contributed by atoms with Crippen molar-refractivity contribution in [2.24, 2.45) is 0 Å². The molecular formula is C21H19BrN2O6S. The molecule has 162 valence electrons. The van der Waals surface area contributed by atoms with Gasteiger partial charge >= 0.3 is 0 Å². The molecule has 2 aliphatic rings. The van der Waals surface area contributed by atoms with Crippen molar-refractivity contribution >= 4 is 43.8 Å². The molecule has 4 atom stereocenters. The van der Waals surface area contributed by atoms with E-state index in [1.54, 1.807) is 36.6 Å². The lowest BCUT2D eigenvalue weighted by atomic mass is 10.1. The normalized spacial score (nSPS) is 27.0. The van der Waals surface area contributed by atoms with E-state index in [9.17, 15) is 9.59 Å². The summed E-state index contributed by atoms with van der Waals surface area (Å²) < 4.78 is 25.5. The Morgan fingerprint density at radius 2 is 1.97 bits per heavy atom. The SMILES string of the molecule is CO[C@@H]1[C@H]2OC(C)(C)O[C@H]2O[C@@H]1C(=O)c1cnc2sc(C(=O)c3ccc(Br)cc3)cn12. The van der Waals surface area contributed by atoms with E-state index in [4.69, 9.17) is 18.9 Å². The highest BCUT2D eigenvalue weighted by Crippen LogP contribution is 2.39.